The van der Waals surface area contributed by atoms with Gasteiger partial charge in [0.05, 0.1) is 26.4 Å². The number of phosphoric acid groups is 2. The van der Waals surface area contributed by atoms with E-state index in [-0.39, 0.29) is 25.7 Å². The predicted molar refractivity (Wildman–Crippen MR) is 418 cm³/mol. The molecule has 606 valence electrons. The SMILES string of the molecule is CCCCCCCCCCCCCCCCCCCCCCCCC(=O)O[C@H](COC(=O)CCCCCCCCCCCCCCCCCC)COP(=O)(O)OC[C@@H](O)COP(=O)(O)OC[C@@H](COC(=O)CCCCCCCCC(C)CC)OC(=O)CCCCCCCCCCCCCC(C)C. The van der Waals surface area contributed by atoms with Gasteiger partial charge in [0, 0.05) is 25.7 Å². The van der Waals surface area contributed by atoms with Gasteiger partial charge >= 0.3 is 39.5 Å². The van der Waals surface area contributed by atoms with Crippen molar-refractivity contribution in [3.63, 3.8) is 0 Å². The Morgan fingerprint density at radius 2 is 0.500 bits per heavy atom. The molecular formula is C83H162O17P2. The van der Waals surface area contributed by atoms with Crippen LogP contribution in [0.5, 0.6) is 0 Å². The number of unbranched alkanes of at least 4 members (excludes halogenated alkanes) is 51. The molecule has 0 aromatic heterocycles. The average Bonchev–Trinajstić information content (AvgIpc) is 0.923. The zero-order valence-electron chi connectivity index (χ0n) is 66.9. The Hall–Kier alpha value is -1.94. The number of phosphoric ester groups is 2. The highest BCUT2D eigenvalue weighted by Crippen LogP contribution is 2.45. The molecule has 0 heterocycles. The second kappa shape index (κ2) is 74.5. The van der Waals surface area contributed by atoms with Crippen molar-refractivity contribution in [1.29, 1.82) is 0 Å². The molecule has 0 aliphatic carbocycles. The number of aliphatic hydroxyl groups excluding tert-OH is 1. The molecule has 3 unspecified atom stereocenters. The lowest BCUT2D eigenvalue weighted by Crippen LogP contribution is -2.30. The zero-order chi connectivity index (χ0) is 74.9. The van der Waals surface area contributed by atoms with Gasteiger partial charge in [-0.2, -0.15) is 0 Å². The van der Waals surface area contributed by atoms with Gasteiger partial charge in [-0.1, -0.05) is 388 Å². The van der Waals surface area contributed by atoms with Gasteiger partial charge in [-0.3, -0.25) is 37.3 Å². The molecule has 0 saturated heterocycles. The Kier molecular flexibility index (Phi) is 73.1. The van der Waals surface area contributed by atoms with Gasteiger partial charge in [-0.15, -0.1) is 0 Å². The molecule has 0 amide bonds. The van der Waals surface area contributed by atoms with Crippen LogP contribution in [-0.2, 0) is 65.4 Å². The molecular weight excluding hydrogens is 1330 g/mol. The van der Waals surface area contributed by atoms with E-state index in [1.807, 2.05) is 0 Å². The molecule has 0 radical (unpaired) electrons. The molecule has 3 N–H and O–H groups in total. The van der Waals surface area contributed by atoms with Crippen LogP contribution in [0, 0.1) is 11.8 Å². The first-order valence-electron chi connectivity index (χ1n) is 43.0. The number of aliphatic hydroxyl groups is 1. The summed E-state index contributed by atoms with van der Waals surface area (Å²) in [6.07, 6.45) is 65.4. The highest BCUT2D eigenvalue weighted by molar-refractivity contribution is 7.47. The summed E-state index contributed by atoms with van der Waals surface area (Å²) in [7, 11) is -9.92. The first-order valence-corrected chi connectivity index (χ1v) is 46.0. The maximum atomic E-state index is 13.1. The monoisotopic (exact) mass is 1490 g/mol. The summed E-state index contributed by atoms with van der Waals surface area (Å²) in [6, 6.07) is 0. The summed E-state index contributed by atoms with van der Waals surface area (Å²) in [5.41, 5.74) is 0. The number of hydrogen-bond acceptors (Lipinski definition) is 15. The fourth-order valence-electron chi connectivity index (χ4n) is 12.9. The van der Waals surface area contributed by atoms with E-state index in [9.17, 15) is 43.2 Å². The minimum Gasteiger partial charge on any atom is -0.462 e. The number of esters is 4. The quantitative estimate of drug-likeness (QED) is 0.0222. The Morgan fingerprint density at radius 3 is 0.745 bits per heavy atom. The minimum absolute atomic E-state index is 0.106. The topological polar surface area (TPSA) is 237 Å². The van der Waals surface area contributed by atoms with Crippen LogP contribution in [0.3, 0.4) is 0 Å². The van der Waals surface area contributed by atoms with Crippen molar-refractivity contribution < 1.29 is 80.2 Å². The smallest absolute Gasteiger partial charge is 0.462 e. The van der Waals surface area contributed by atoms with E-state index < -0.39 is 97.5 Å². The summed E-state index contributed by atoms with van der Waals surface area (Å²) >= 11 is 0. The molecule has 0 fully saturated rings. The fourth-order valence-corrected chi connectivity index (χ4v) is 14.4. The summed E-state index contributed by atoms with van der Waals surface area (Å²) in [6.45, 7) is 9.60. The normalized spacial score (nSPS) is 14.1. The van der Waals surface area contributed by atoms with Crippen molar-refractivity contribution in [2.75, 3.05) is 39.6 Å². The summed E-state index contributed by atoms with van der Waals surface area (Å²) in [5, 5.41) is 10.7. The van der Waals surface area contributed by atoms with Gasteiger partial charge in [0.2, 0.25) is 0 Å². The minimum atomic E-state index is -4.96. The van der Waals surface area contributed by atoms with Crippen LogP contribution in [0.1, 0.15) is 440 Å². The third-order valence-electron chi connectivity index (χ3n) is 19.8. The molecule has 17 nitrogen and oxygen atoms in total. The molecule has 0 aromatic rings. The van der Waals surface area contributed by atoms with Gasteiger partial charge in [0.1, 0.15) is 19.3 Å². The van der Waals surface area contributed by atoms with Crippen LogP contribution < -0.4 is 0 Å². The van der Waals surface area contributed by atoms with E-state index in [1.54, 1.807) is 0 Å². The average molecular weight is 1490 g/mol. The molecule has 0 bridgehead atoms. The van der Waals surface area contributed by atoms with Crippen LogP contribution in [0.4, 0.5) is 0 Å². The second-order valence-corrected chi connectivity index (χ2v) is 33.5. The van der Waals surface area contributed by atoms with Crippen LogP contribution in [0.25, 0.3) is 0 Å². The molecule has 6 atom stereocenters. The highest BCUT2D eigenvalue weighted by atomic mass is 31.2. The van der Waals surface area contributed by atoms with E-state index >= 15 is 0 Å². The molecule has 0 aromatic carbocycles. The van der Waals surface area contributed by atoms with Crippen molar-refractivity contribution in [3.05, 3.63) is 0 Å². The summed E-state index contributed by atoms with van der Waals surface area (Å²) in [5.74, 6) is -0.612. The Morgan fingerprint density at radius 1 is 0.284 bits per heavy atom. The fraction of sp³-hybridized carbons (Fsp3) is 0.952. The van der Waals surface area contributed by atoms with E-state index in [0.717, 1.165) is 108 Å². The number of carbonyl (C=O) groups excluding carboxylic acids is 4. The van der Waals surface area contributed by atoms with Crippen molar-refractivity contribution in [2.45, 2.75) is 458 Å². The van der Waals surface area contributed by atoms with Crippen LogP contribution in [-0.4, -0.2) is 96.7 Å². The largest absolute Gasteiger partial charge is 0.472 e. The van der Waals surface area contributed by atoms with Crippen LogP contribution in [0.15, 0.2) is 0 Å². The number of hydrogen-bond donors (Lipinski definition) is 3. The van der Waals surface area contributed by atoms with Crippen molar-refractivity contribution >= 4 is 39.5 Å². The van der Waals surface area contributed by atoms with E-state index in [2.05, 4.69) is 41.5 Å². The zero-order valence-corrected chi connectivity index (χ0v) is 68.7. The lowest BCUT2D eigenvalue weighted by atomic mass is 10.00. The standard InChI is InChI=1S/C83H162O17P2/c1-7-10-12-14-16-18-20-22-24-26-27-28-29-30-31-33-35-39-43-47-55-61-67-82(87)99-78(71-93-80(85)65-59-53-46-42-38-34-32-25-23-21-19-17-15-13-11-8-2)73-97-101(89,90)95-69-77(84)70-96-102(91,92)98-74-79(72-94-81(86)66-60-54-50-49-52-58-64-76(6)9-3)100-83(88)68-62-56-48-44-40-36-37-41-45-51-57-63-75(4)5/h75-79,84H,7-74H2,1-6H3,(H,89,90)(H,91,92)/t76?,77-,78-,79-/m1/s1. The second-order valence-electron chi connectivity index (χ2n) is 30.6. The molecule has 0 rings (SSSR count). The third-order valence-corrected chi connectivity index (χ3v) is 21.7. The number of carbonyl (C=O) groups is 4. The van der Waals surface area contributed by atoms with Gasteiger partial charge < -0.3 is 33.8 Å². The highest BCUT2D eigenvalue weighted by Gasteiger charge is 2.30. The first-order chi connectivity index (χ1) is 49.4. The summed E-state index contributed by atoms with van der Waals surface area (Å²) in [4.78, 5) is 73.1. The van der Waals surface area contributed by atoms with Gasteiger partial charge in [0.15, 0.2) is 12.2 Å². The molecule has 0 spiro atoms. The van der Waals surface area contributed by atoms with E-state index in [0.29, 0.717) is 25.7 Å². The number of rotatable bonds is 82. The van der Waals surface area contributed by atoms with Gasteiger partial charge in [0.25, 0.3) is 0 Å². The summed E-state index contributed by atoms with van der Waals surface area (Å²) < 4.78 is 68.8. The van der Waals surface area contributed by atoms with Crippen LogP contribution >= 0.6 is 15.6 Å². The van der Waals surface area contributed by atoms with Crippen molar-refractivity contribution in [2.24, 2.45) is 11.8 Å². The Balaban J connectivity index is 5.22. The van der Waals surface area contributed by atoms with E-state index in [1.165, 1.54) is 250 Å². The maximum Gasteiger partial charge on any atom is 0.472 e. The Bertz CT molecular complexity index is 1960. The number of ether oxygens (including phenoxy) is 4. The Labute approximate surface area is 626 Å². The molecule has 19 heteroatoms. The third kappa shape index (κ3) is 74.9. The predicted octanol–water partition coefficient (Wildman–Crippen LogP) is 25.1. The maximum absolute atomic E-state index is 13.1. The first kappa shape index (κ1) is 100. The lowest BCUT2D eigenvalue weighted by molar-refractivity contribution is -0.161. The van der Waals surface area contributed by atoms with Gasteiger partial charge in [-0.25, -0.2) is 9.13 Å². The molecule has 0 aliphatic rings. The molecule has 0 saturated carbocycles. The van der Waals surface area contributed by atoms with Crippen molar-refractivity contribution in [3.8, 4) is 0 Å². The molecule has 0 aliphatic heterocycles. The molecule has 102 heavy (non-hydrogen) atoms. The van der Waals surface area contributed by atoms with Crippen LogP contribution in [0.2, 0.25) is 0 Å². The lowest BCUT2D eigenvalue weighted by Gasteiger charge is -2.21. The van der Waals surface area contributed by atoms with Crippen molar-refractivity contribution in [1.82, 2.24) is 0 Å². The van der Waals surface area contributed by atoms with E-state index in [4.69, 9.17) is 37.0 Å². The van der Waals surface area contributed by atoms with Gasteiger partial charge in [-0.05, 0) is 37.5 Å².